The first-order chi connectivity index (χ1) is 14.4. The third-order valence-electron chi connectivity index (χ3n) is 6.33. The lowest BCUT2D eigenvalue weighted by atomic mass is 9.78. The number of imidazole rings is 1. The molecule has 2 heterocycles. The number of aromatic hydroxyl groups is 1. The lowest BCUT2D eigenvalue weighted by molar-refractivity contribution is 0.313. The van der Waals surface area contributed by atoms with Gasteiger partial charge in [-0.3, -0.25) is 0 Å². The monoisotopic (exact) mass is 420 g/mol. The standard InChI is InChI=1S/C26H36N4O/c1-25(2,3)19-14-17(15-20(23(19)31)26(4,5)6)24-27-21-9-8-18(16-22(21)28-24)30-12-10-29(7)11-13-30/h8-9,14-16,31H,10-13H2,1-7H3,(H,27,28). The molecule has 0 spiro atoms. The summed E-state index contributed by atoms with van der Waals surface area (Å²) in [4.78, 5) is 13.2. The zero-order valence-electron chi connectivity index (χ0n) is 20.0. The summed E-state index contributed by atoms with van der Waals surface area (Å²) in [5, 5.41) is 11.0. The second kappa shape index (κ2) is 7.56. The summed E-state index contributed by atoms with van der Waals surface area (Å²) >= 11 is 0. The lowest BCUT2D eigenvalue weighted by Crippen LogP contribution is -2.44. The van der Waals surface area contributed by atoms with Gasteiger partial charge in [0.05, 0.1) is 11.0 Å². The van der Waals surface area contributed by atoms with Crippen LogP contribution >= 0.6 is 0 Å². The minimum absolute atomic E-state index is 0.166. The van der Waals surface area contributed by atoms with Crippen molar-refractivity contribution in [3.8, 4) is 17.1 Å². The average Bonchev–Trinajstić information content (AvgIpc) is 3.10. The first-order valence-electron chi connectivity index (χ1n) is 11.2. The van der Waals surface area contributed by atoms with E-state index in [9.17, 15) is 5.11 Å². The number of likely N-dealkylation sites (N-methyl/N-ethyl adjacent to an activating group) is 1. The summed E-state index contributed by atoms with van der Waals surface area (Å²) < 4.78 is 0. The number of fused-ring (bicyclic) bond motifs is 1. The third kappa shape index (κ3) is 4.29. The van der Waals surface area contributed by atoms with Crippen molar-refractivity contribution in [1.29, 1.82) is 0 Å². The molecule has 31 heavy (non-hydrogen) atoms. The van der Waals surface area contributed by atoms with E-state index in [1.165, 1.54) is 5.69 Å². The molecule has 0 unspecified atom stereocenters. The Labute approximate surface area is 186 Å². The molecule has 0 aliphatic carbocycles. The van der Waals surface area contributed by atoms with Crippen molar-refractivity contribution < 1.29 is 5.11 Å². The van der Waals surface area contributed by atoms with Crippen molar-refractivity contribution in [3.05, 3.63) is 41.5 Å². The molecule has 5 nitrogen and oxygen atoms in total. The Hall–Kier alpha value is -2.53. The molecule has 0 saturated carbocycles. The summed E-state index contributed by atoms with van der Waals surface area (Å²) in [6, 6.07) is 10.7. The molecule has 0 amide bonds. The summed E-state index contributed by atoms with van der Waals surface area (Å²) in [6.07, 6.45) is 0. The molecule has 166 valence electrons. The van der Waals surface area contributed by atoms with Gasteiger partial charge in [-0.15, -0.1) is 0 Å². The predicted octanol–water partition coefficient (Wildman–Crippen LogP) is 5.28. The molecule has 1 saturated heterocycles. The Balaban J connectivity index is 1.78. The minimum Gasteiger partial charge on any atom is -0.507 e. The van der Waals surface area contributed by atoms with Crippen LogP contribution in [0.1, 0.15) is 52.7 Å². The van der Waals surface area contributed by atoms with Gasteiger partial charge in [0.2, 0.25) is 0 Å². The van der Waals surface area contributed by atoms with E-state index in [0.29, 0.717) is 5.75 Å². The summed E-state index contributed by atoms with van der Waals surface area (Å²) in [7, 11) is 2.18. The molecule has 4 rings (SSSR count). The topological polar surface area (TPSA) is 55.4 Å². The number of hydrogen-bond donors (Lipinski definition) is 2. The molecular formula is C26H36N4O. The Morgan fingerprint density at radius 2 is 1.45 bits per heavy atom. The fraction of sp³-hybridized carbons (Fsp3) is 0.500. The number of hydrogen-bond acceptors (Lipinski definition) is 4. The van der Waals surface area contributed by atoms with Gasteiger partial charge in [-0.05, 0) is 48.2 Å². The predicted molar refractivity (Wildman–Crippen MR) is 130 cm³/mol. The summed E-state index contributed by atoms with van der Waals surface area (Å²) in [5.74, 6) is 1.25. The zero-order valence-corrected chi connectivity index (χ0v) is 20.0. The Bertz CT molecular complexity index is 1060. The highest BCUT2D eigenvalue weighted by Crippen LogP contribution is 2.41. The third-order valence-corrected chi connectivity index (χ3v) is 6.33. The molecule has 2 N–H and O–H groups in total. The van der Waals surface area contributed by atoms with Crippen molar-refractivity contribution >= 4 is 16.7 Å². The number of phenols is 1. The van der Waals surface area contributed by atoms with E-state index in [-0.39, 0.29) is 10.8 Å². The van der Waals surface area contributed by atoms with E-state index in [1.54, 1.807) is 0 Å². The second-order valence-electron chi connectivity index (χ2n) is 11.0. The van der Waals surface area contributed by atoms with Gasteiger partial charge >= 0.3 is 0 Å². The van der Waals surface area contributed by atoms with Gasteiger partial charge in [0.25, 0.3) is 0 Å². The van der Waals surface area contributed by atoms with Crippen LogP contribution in [-0.4, -0.2) is 53.2 Å². The molecule has 0 radical (unpaired) electrons. The van der Waals surface area contributed by atoms with E-state index in [4.69, 9.17) is 4.98 Å². The number of aromatic amines is 1. The van der Waals surface area contributed by atoms with Crippen LogP contribution in [-0.2, 0) is 10.8 Å². The van der Waals surface area contributed by atoms with Crippen LogP contribution in [0.5, 0.6) is 5.75 Å². The molecule has 1 aliphatic rings. The van der Waals surface area contributed by atoms with Crippen molar-refractivity contribution in [3.63, 3.8) is 0 Å². The van der Waals surface area contributed by atoms with Gasteiger partial charge in [-0.2, -0.15) is 0 Å². The maximum absolute atomic E-state index is 11.0. The van der Waals surface area contributed by atoms with E-state index >= 15 is 0 Å². The van der Waals surface area contributed by atoms with E-state index in [0.717, 1.165) is 59.7 Å². The SMILES string of the molecule is CN1CCN(c2ccc3nc(-c4cc(C(C)(C)C)c(O)c(C(C)(C)C)c4)[nH]c3c2)CC1. The largest absolute Gasteiger partial charge is 0.507 e. The highest BCUT2D eigenvalue weighted by Gasteiger charge is 2.27. The lowest BCUT2D eigenvalue weighted by Gasteiger charge is -2.34. The molecule has 5 heteroatoms. The van der Waals surface area contributed by atoms with Gasteiger partial charge in [-0.25, -0.2) is 4.98 Å². The minimum atomic E-state index is -0.166. The van der Waals surface area contributed by atoms with Crippen molar-refractivity contribution in [2.75, 3.05) is 38.1 Å². The van der Waals surface area contributed by atoms with Crippen LogP contribution in [0, 0.1) is 0 Å². The average molecular weight is 421 g/mol. The van der Waals surface area contributed by atoms with Crippen LogP contribution in [0.25, 0.3) is 22.4 Å². The number of phenolic OH excluding ortho intramolecular Hbond substituents is 1. The normalized spacial score (nSPS) is 16.3. The van der Waals surface area contributed by atoms with E-state index < -0.39 is 0 Å². The van der Waals surface area contributed by atoms with Crippen molar-refractivity contribution in [2.24, 2.45) is 0 Å². The number of H-pyrrole nitrogens is 1. The molecule has 3 aromatic rings. The van der Waals surface area contributed by atoms with Crippen LogP contribution in [0.3, 0.4) is 0 Å². The molecule has 0 atom stereocenters. The first-order valence-corrected chi connectivity index (χ1v) is 11.2. The summed E-state index contributed by atoms with van der Waals surface area (Å²) in [5.41, 5.74) is 5.85. The van der Waals surface area contributed by atoms with Gasteiger partial charge in [-0.1, -0.05) is 41.5 Å². The Morgan fingerprint density at radius 1 is 0.871 bits per heavy atom. The maximum atomic E-state index is 11.0. The molecule has 1 aliphatic heterocycles. The number of anilines is 1. The van der Waals surface area contributed by atoms with Crippen molar-refractivity contribution in [1.82, 2.24) is 14.9 Å². The van der Waals surface area contributed by atoms with Crippen molar-refractivity contribution in [2.45, 2.75) is 52.4 Å². The maximum Gasteiger partial charge on any atom is 0.138 e. The van der Waals surface area contributed by atoms with Crippen LogP contribution in [0.4, 0.5) is 5.69 Å². The van der Waals surface area contributed by atoms with Gasteiger partial charge in [0, 0.05) is 48.6 Å². The molecule has 0 bridgehead atoms. The van der Waals surface area contributed by atoms with Crippen LogP contribution in [0.2, 0.25) is 0 Å². The Morgan fingerprint density at radius 3 is 2.00 bits per heavy atom. The number of rotatable bonds is 2. The van der Waals surface area contributed by atoms with Crippen LogP contribution in [0.15, 0.2) is 30.3 Å². The first kappa shape index (κ1) is 21.7. The zero-order chi connectivity index (χ0) is 22.6. The smallest absolute Gasteiger partial charge is 0.138 e. The number of aromatic nitrogens is 2. The second-order valence-corrected chi connectivity index (χ2v) is 11.0. The number of nitrogens with zero attached hydrogens (tertiary/aromatic N) is 3. The van der Waals surface area contributed by atoms with Gasteiger partial charge in [0.1, 0.15) is 11.6 Å². The fourth-order valence-corrected chi connectivity index (χ4v) is 4.31. The number of benzene rings is 2. The Kier molecular flexibility index (Phi) is 5.29. The van der Waals surface area contributed by atoms with Gasteiger partial charge < -0.3 is 19.9 Å². The number of nitrogens with one attached hydrogen (secondary N) is 1. The van der Waals surface area contributed by atoms with Crippen LogP contribution < -0.4 is 4.90 Å². The van der Waals surface area contributed by atoms with Gasteiger partial charge in [0.15, 0.2) is 0 Å². The molecular weight excluding hydrogens is 384 g/mol. The summed E-state index contributed by atoms with van der Waals surface area (Å²) in [6.45, 7) is 17.1. The highest BCUT2D eigenvalue weighted by molar-refractivity contribution is 5.83. The molecule has 1 fully saturated rings. The van der Waals surface area contributed by atoms with E-state index in [1.807, 2.05) is 0 Å². The number of piperazine rings is 1. The highest BCUT2D eigenvalue weighted by atomic mass is 16.3. The molecule has 2 aromatic carbocycles. The molecule has 1 aromatic heterocycles. The fourth-order valence-electron chi connectivity index (χ4n) is 4.31. The quantitative estimate of drug-likeness (QED) is 0.592. The van der Waals surface area contributed by atoms with E-state index in [2.05, 4.69) is 93.7 Å².